The quantitative estimate of drug-likeness (QED) is 0.487. The van der Waals surface area contributed by atoms with Gasteiger partial charge in [-0.3, -0.25) is 9.59 Å². The third-order valence-corrected chi connectivity index (χ3v) is 8.77. The summed E-state index contributed by atoms with van der Waals surface area (Å²) >= 11 is 0. The summed E-state index contributed by atoms with van der Waals surface area (Å²) in [6.45, 7) is 7.93. The van der Waals surface area contributed by atoms with Crippen LogP contribution in [0.2, 0.25) is 0 Å². The Bertz CT molecular complexity index is 1010. The molecule has 0 radical (unpaired) electrons. The summed E-state index contributed by atoms with van der Waals surface area (Å²) < 4.78 is 11.4. The molecule has 0 N–H and O–H groups in total. The lowest BCUT2D eigenvalue weighted by Gasteiger charge is -2.51. The normalized spacial score (nSPS) is 38.0. The number of ether oxygens (including phenoxy) is 2. The van der Waals surface area contributed by atoms with Gasteiger partial charge in [-0.15, -0.1) is 0 Å². The van der Waals surface area contributed by atoms with E-state index in [4.69, 9.17) is 9.47 Å². The Morgan fingerprint density at radius 1 is 1.03 bits per heavy atom. The Morgan fingerprint density at radius 3 is 2.35 bits per heavy atom. The van der Waals surface area contributed by atoms with Crippen molar-refractivity contribution in [1.82, 2.24) is 0 Å². The van der Waals surface area contributed by atoms with Crippen molar-refractivity contribution in [1.29, 1.82) is 0 Å². The molecule has 0 aromatic heterocycles. The van der Waals surface area contributed by atoms with Crippen LogP contribution in [0.25, 0.3) is 0 Å². The molecule has 1 aromatic carbocycles. The van der Waals surface area contributed by atoms with Crippen LogP contribution in [0.4, 0.5) is 0 Å². The highest BCUT2D eigenvalue weighted by Gasteiger charge is 2.79. The molecule has 31 heavy (non-hydrogen) atoms. The van der Waals surface area contributed by atoms with Crippen molar-refractivity contribution < 1.29 is 19.1 Å². The third kappa shape index (κ3) is 2.37. The van der Waals surface area contributed by atoms with Crippen LogP contribution in [-0.2, 0) is 19.7 Å². The fourth-order valence-corrected chi connectivity index (χ4v) is 7.28. The summed E-state index contributed by atoms with van der Waals surface area (Å²) in [5.41, 5.74) is -0.101. The first-order chi connectivity index (χ1) is 14.6. The second-order valence-corrected chi connectivity index (χ2v) is 11.1. The highest BCUT2D eigenvalue weighted by molar-refractivity contribution is 5.99. The SMILES string of the molecule is COc1ccc([C@]23C=C[C@@]4(CCCC[C@]24C)[C@H]2C(OC(=O)C(C)(C)C)=CC(=O)[C@H]23)cc1. The van der Waals surface area contributed by atoms with Gasteiger partial charge in [0.25, 0.3) is 0 Å². The van der Waals surface area contributed by atoms with Crippen molar-refractivity contribution in [3.63, 3.8) is 0 Å². The van der Waals surface area contributed by atoms with E-state index in [1.165, 1.54) is 0 Å². The van der Waals surface area contributed by atoms with Crippen LogP contribution in [0.15, 0.2) is 48.3 Å². The summed E-state index contributed by atoms with van der Waals surface area (Å²) in [4.78, 5) is 26.3. The maximum atomic E-state index is 13.5. The minimum atomic E-state index is -0.614. The predicted molar refractivity (Wildman–Crippen MR) is 118 cm³/mol. The number of hydrogen-bond acceptors (Lipinski definition) is 4. The number of carbonyl (C=O) groups excluding carboxylic acids is 2. The van der Waals surface area contributed by atoms with Gasteiger partial charge < -0.3 is 9.47 Å². The molecule has 0 amide bonds. The minimum absolute atomic E-state index is 0.0799. The molecule has 2 fully saturated rings. The fourth-order valence-electron chi connectivity index (χ4n) is 7.28. The summed E-state index contributed by atoms with van der Waals surface area (Å²) in [5, 5.41) is 0. The van der Waals surface area contributed by atoms with Crippen molar-refractivity contribution in [2.24, 2.45) is 28.1 Å². The van der Waals surface area contributed by atoms with E-state index in [-0.39, 0.29) is 34.4 Å². The number of fused-ring (bicyclic) bond motifs is 2. The number of allylic oxidation sites excluding steroid dienone is 4. The van der Waals surface area contributed by atoms with E-state index >= 15 is 0 Å². The summed E-state index contributed by atoms with van der Waals surface area (Å²) in [7, 11) is 1.67. The van der Waals surface area contributed by atoms with Gasteiger partial charge >= 0.3 is 5.97 Å². The van der Waals surface area contributed by atoms with E-state index in [2.05, 4.69) is 31.2 Å². The Balaban J connectivity index is 1.66. The highest BCUT2D eigenvalue weighted by Crippen LogP contribution is 2.80. The van der Waals surface area contributed by atoms with Gasteiger partial charge in [0.2, 0.25) is 0 Å². The standard InChI is InChI=1S/C27H32O4/c1-24(2,3)23(29)31-20-16-19(28)21-22(20)26-13-7-6-12-25(26,4)27(21,15-14-26)17-8-10-18(30-5)11-9-17/h8-11,14-16,21-22H,6-7,12-13H2,1-5H3/t21-,22+,25+,26+,27+/m1/s1. The number of ketones is 1. The van der Waals surface area contributed by atoms with E-state index in [0.29, 0.717) is 5.76 Å². The minimum Gasteiger partial charge on any atom is -0.497 e. The van der Waals surface area contributed by atoms with Crippen LogP contribution >= 0.6 is 0 Å². The van der Waals surface area contributed by atoms with Gasteiger partial charge in [0.1, 0.15) is 11.5 Å². The molecule has 2 bridgehead atoms. The molecular weight excluding hydrogens is 388 g/mol. The molecule has 4 aliphatic carbocycles. The molecule has 0 unspecified atom stereocenters. The first-order valence-electron chi connectivity index (χ1n) is 11.4. The number of esters is 1. The molecule has 164 valence electrons. The molecule has 0 aliphatic heterocycles. The third-order valence-electron chi connectivity index (χ3n) is 8.77. The number of benzene rings is 1. The lowest BCUT2D eigenvalue weighted by Crippen LogP contribution is -2.47. The maximum absolute atomic E-state index is 13.5. The van der Waals surface area contributed by atoms with Gasteiger partial charge in [0, 0.05) is 28.7 Å². The second-order valence-electron chi connectivity index (χ2n) is 11.1. The topological polar surface area (TPSA) is 52.6 Å². The van der Waals surface area contributed by atoms with Crippen molar-refractivity contribution in [2.75, 3.05) is 7.11 Å². The van der Waals surface area contributed by atoms with Gasteiger partial charge in [0.15, 0.2) is 5.78 Å². The van der Waals surface area contributed by atoms with Crippen LogP contribution in [-0.4, -0.2) is 18.9 Å². The van der Waals surface area contributed by atoms with Gasteiger partial charge in [-0.05, 0) is 56.7 Å². The highest BCUT2D eigenvalue weighted by atomic mass is 16.5. The molecule has 4 aliphatic rings. The smallest absolute Gasteiger partial charge is 0.316 e. The summed E-state index contributed by atoms with van der Waals surface area (Å²) in [6.07, 6.45) is 10.7. The van der Waals surface area contributed by atoms with Crippen molar-refractivity contribution in [3.8, 4) is 5.75 Å². The van der Waals surface area contributed by atoms with Crippen LogP contribution in [0.1, 0.15) is 58.9 Å². The van der Waals surface area contributed by atoms with Crippen molar-refractivity contribution in [2.45, 2.75) is 58.8 Å². The van der Waals surface area contributed by atoms with E-state index in [0.717, 1.165) is 37.0 Å². The van der Waals surface area contributed by atoms with Crippen molar-refractivity contribution >= 4 is 11.8 Å². The average molecular weight is 421 g/mol. The lowest BCUT2D eigenvalue weighted by molar-refractivity contribution is -0.150. The molecule has 0 saturated heterocycles. The van der Waals surface area contributed by atoms with E-state index in [1.54, 1.807) is 13.2 Å². The lowest BCUT2D eigenvalue weighted by atomic mass is 9.52. The fraction of sp³-hybridized carbons (Fsp3) is 0.556. The first-order valence-corrected chi connectivity index (χ1v) is 11.4. The summed E-state index contributed by atoms with van der Waals surface area (Å²) in [6, 6.07) is 8.22. The predicted octanol–water partition coefficient (Wildman–Crippen LogP) is 5.37. The van der Waals surface area contributed by atoms with E-state index < -0.39 is 10.8 Å². The van der Waals surface area contributed by atoms with E-state index in [1.807, 2.05) is 32.9 Å². The zero-order chi connectivity index (χ0) is 22.2. The Hall–Kier alpha value is -2.36. The maximum Gasteiger partial charge on any atom is 0.316 e. The van der Waals surface area contributed by atoms with E-state index in [9.17, 15) is 9.59 Å². The number of rotatable bonds is 3. The van der Waals surface area contributed by atoms with Crippen LogP contribution < -0.4 is 4.74 Å². The molecule has 5 rings (SSSR count). The molecule has 4 nitrogen and oxygen atoms in total. The molecule has 0 heterocycles. The Morgan fingerprint density at radius 2 is 1.71 bits per heavy atom. The largest absolute Gasteiger partial charge is 0.497 e. The zero-order valence-electron chi connectivity index (χ0n) is 19.2. The van der Waals surface area contributed by atoms with Gasteiger partial charge in [-0.2, -0.15) is 0 Å². The monoisotopic (exact) mass is 420 g/mol. The average Bonchev–Trinajstić information content (AvgIpc) is 3.28. The van der Waals surface area contributed by atoms with Crippen LogP contribution in [0, 0.1) is 28.1 Å². The number of hydrogen-bond donors (Lipinski definition) is 0. The van der Waals surface area contributed by atoms with Crippen LogP contribution in [0.3, 0.4) is 0 Å². The number of carbonyl (C=O) groups is 2. The first kappa shape index (κ1) is 20.5. The molecule has 5 atom stereocenters. The van der Waals surface area contributed by atoms with Crippen LogP contribution in [0.5, 0.6) is 5.75 Å². The zero-order valence-corrected chi connectivity index (χ0v) is 19.2. The molecule has 4 heteroatoms. The number of methoxy groups -OCH3 is 1. The van der Waals surface area contributed by atoms with Crippen molar-refractivity contribution in [3.05, 3.63) is 53.8 Å². The molecule has 0 spiro atoms. The van der Waals surface area contributed by atoms with Gasteiger partial charge in [-0.25, -0.2) is 0 Å². The van der Waals surface area contributed by atoms with Gasteiger partial charge in [-0.1, -0.05) is 44.1 Å². The second kappa shape index (κ2) is 6.34. The molecular formula is C27H32O4. The van der Waals surface area contributed by atoms with Gasteiger partial charge in [0.05, 0.1) is 12.5 Å². The Labute approximate surface area is 184 Å². The Kier molecular flexibility index (Phi) is 4.20. The molecule has 2 saturated carbocycles. The summed E-state index contributed by atoms with van der Waals surface area (Å²) in [5.74, 6) is 0.916. The molecule has 1 aromatic rings.